The summed E-state index contributed by atoms with van der Waals surface area (Å²) >= 11 is 0. The fraction of sp³-hybridized carbons (Fsp3) is 0.455. The van der Waals surface area contributed by atoms with Crippen molar-refractivity contribution in [2.75, 3.05) is 24.7 Å². The number of nitrogens with zero attached hydrogens (tertiary/aromatic N) is 1. The molecule has 0 heterocycles. The molecule has 16 heavy (non-hydrogen) atoms. The number of anilines is 1. The van der Waals surface area contributed by atoms with Crippen molar-refractivity contribution >= 4 is 15.5 Å². The molecule has 4 nitrogen and oxygen atoms in total. The molecule has 0 amide bonds. The van der Waals surface area contributed by atoms with Gasteiger partial charge in [0.05, 0.1) is 16.7 Å². The van der Waals surface area contributed by atoms with Gasteiger partial charge in [0.25, 0.3) is 0 Å². The zero-order valence-corrected chi connectivity index (χ0v) is 10.5. The lowest BCUT2D eigenvalue weighted by molar-refractivity contribution is 0.201. The minimum Gasteiger partial charge on any atom is -0.392 e. The number of benzene rings is 1. The van der Waals surface area contributed by atoms with Crippen molar-refractivity contribution in [2.45, 2.75) is 17.9 Å². The van der Waals surface area contributed by atoms with Crippen LogP contribution < -0.4 is 4.90 Å². The number of para-hydroxylation sites is 1. The summed E-state index contributed by atoms with van der Waals surface area (Å²) in [5.41, 5.74) is 0.617. The van der Waals surface area contributed by atoms with E-state index in [-0.39, 0.29) is 4.90 Å². The van der Waals surface area contributed by atoms with Gasteiger partial charge in [0.2, 0.25) is 0 Å². The van der Waals surface area contributed by atoms with Crippen molar-refractivity contribution in [1.29, 1.82) is 0 Å². The van der Waals surface area contributed by atoms with E-state index in [4.69, 9.17) is 0 Å². The van der Waals surface area contributed by atoms with Gasteiger partial charge >= 0.3 is 0 Å². The minimum atomic E-state index is -3.24. The standard InChI is InChI=1S/C11H17NO3S/c1-9(13)8-12(2)10-6-4-5-7-11(10)16(3,14)15/h4-7,9,13H,8H2,1-3H3. The first-order valence-electron chi connectivity index (χ1n) is 5.00. The maximum atomic E-state index is 11.6. The van der Waals surface area contributed by atoms with Crippen LogP contribution in [0.3, 0.4) is 0 Å². The van der Waals surface area contributed by atoms with Crippen molar-refractivity contribution in [1.82, 2.24) is 0 Å². The molecule has 0 spiro atoms. The van der Waals surface area contributed by atoms with E-state index in [0.29, 0.717) is 12.2 Å². The molecule has 1 atom stereocenters. The highest BCUT2D eigenvalue weighted by atomic mass is 32.2. The van der Waals surface area contributed by atoms with E-state index in [9.17, 15) is 13.5 Å². The van der Waals surface area contributed by atoms with E-state index >= 15 is 0 Å². The Labute approximate surface area is 96.4 Å². The summed E-state index contributed by atoms with van der Waals surface area (Å²) in [6, 6.07) is 6.78. The van der Waals surface area contributed by atoms with Gasteiger partial charge in [0.1, 0.15) is 0 Å². The summed E-state index contributed by atoms with van der Waals surface area (Å²) in [6.45, 7) is 2.06. The molecule has 0 saturated heterocycles. The van der Waals surface area contributed by atoms with Crippen molar-refractivity contribution in [3.05, 3.63) is 24.3 Å². The highest BCUT2D eigenvalue weighted by Gasteiger charge is 2.15. The number of aliphatic hydroxyl groups excluding tert-OH is 1. The minimum absolute atomic E-state index is 0.290. The second-order valence-corrected chi connectivity index (χ2v) is 5.95. The van der Waals surface area contributed by atoms with E-state index in [0.717, 1.165) is 0 Å². The molecule has 1 N–H and O–H groups in total. The largest absolute Gasteiger partial charge is 0.392 e. The highest BCUT2D eigenvalue weighted by Crippen LogP contribution is 2.23. The van der Waals surface area contributed by atoms with E-state index in [1.165, 1.54) is 6.26 Å². The van der Waals surface area contributed by atoms with Gasteiger partial charge in [-0.3, -0.25) is 0 Å². The van der Waals surface area contributed by atoms with Crippen LogP contribution in [0.15, 0.2) is 29.2 Å². The van der Waals surface area contributed by atoms with E-state index in [1.54, 1.807) is 43.1 Å². The van der Waals surface area contributed by atoms with Gasteiger partial charge in [-0.15, -0.1) is 0 Å². The second kappa shape index (κ2) is 4.84. The van der Waals surface area contributed by atoms with Crippen LogP contribution in [0, 0.1) is 0 Å². The maximum Gasteiger partial charge on any atom is 0.177 e. The van der Waals surface area contributed by atoms with Crippen molar-refractivity contribution in [3.8, 4) is 0 Å². The molecule has 0 aliphatic heterocycles. The van der Waals surface area contributed by atoms with Gasteiger partial charge < -0.3 is 10.0 Å². The average Bonchev–Trinajstić information content (AvgIpc) is 2.15. The lowest BCUT2D eigenvalue weighted by Gasteiger charge is -2.23. The Balaban J connectivity index is 3.14. The third-order valence-electron chi connectivity index (χ3n) is 2.21. The molecule has 0 aliphatic rings. The van der Waals surface area contributed by atoms with Crippen LogP contribution in [0.5, 0.6) is 0 Å². The first-order chi connectivity index (χ1) is 7.32. The number of aliphatic hydroxyl groups is 1. The number of hydrogen-bond acceptors (Lipinski definition) is 4. The van der Waals surface area contributed by atoms with Crippen molar-refractivity contribution in [2.24, 2.45) is 0 Å². The molecular formula is C11H17NO3S. The number of sulfone groups is 1. The van der Waals surface area contributed by atoms with Crippen LogP contribution in [-0.4, -0.2) is 39.5 Å². The predicted molar refractivity (Wildman–Crippen MR) is 64.5 cm³/mol. The molecule has 5 heteroatoms. The van der Waals surface area contributed by atoms with Crippen LogP contribution in [0.2, 0.25) is 0 Å². The van der Waals surface area contributed by atoms with E-state index < -0.39 is 15.9 Å². The van der Waals surface area contributed by atoms with Crippen LogP contribution in [-0.2, 0) is 9.84 Å². The molecule has 1 unspecified atom stereocenters. The number of rotatable bonds is 4. The fourth-order valence-corrected chi connectivity index (χ4v) is 2.51. The van der Waals surface area contributed by atoms with Gasteiger partial charge in [-0.1, -0.05) is 12.1 Å². The van der Waals surface area contributed by atoms with Crippen LogP contribution in [0.25, 0.3) is 0 Å². The zero-order chi connectivity index (χ0) is 12.3. The molecule has 1 rings (SSSR count). The molecule has 0 radical (unpaired) electrons. The molecule has 0 bridgehead atoms. The molecule has 0 fully saturated rings. The SMILES string of the molecule is CC(O)CN(C)c1ccccc1S(C)(=O)=O. The van der Waals surface area contributed by atoms with Crippen LogP contribution in [0.4, 0.5) is 5.69 Å². The lowest BCUT2D eigenvalue weighted by atomic mass is 10.2. The summed E-state index contributed by atoms with van der Waals surface area (Å²) in [7, 11) is -1.48. The Hall–Kier alpha value is -1.07. The van der Waals surface area contributed by atoms with Crippen molar-refractivity contribution in [3.63, 3.8) is 0 Å². The van der Waals surface area contributed by atoms with E-state index in [2.05, 4.69) is 0 Å². The molecular weight excluding hydrogens is 226 g/mol. The first-order valence-corrected chi connectivity index (χ1v) is 6.90. The van der Waals surface area contributed by atoms with Gasteiger partial charge in [-0.2, -0.15) is 0 Å². The Bertz CT molecular complexity index is 454. The third kappa shape index (κ3) is 3.21. The van der Waals surface area contributed by atoms with Crippen LogP contribution in [0.1, 0.15) is 6.92 Å². The molecule has 1 aromatic carbocycles. The third-order valence-corrected chi connectivity index (χ3v) is 3.36. The summed E-state index contributed by atoms with van der Waals surface area (Å²) in [5, 5.41) is 9.29. The van der Waals surface area contributed by atoms with Gasteiger partial charge in [-0.05, 0) is 19.1 Å². The Morgan fingerprint density at radius 2 is 1.94 bits per heavy atom. The normalized spacial score (nSPS) is 13.5. The molecule has 0 aliphatic carbocycles. The first kappa shape index (κ1) is 13.0. The summed E-state index contributed by atoms with van der Waals surface area (Å²) in [6.07, 6.45) is 0.680. The molecule has 1 aromatic rings. The Kier molecular flexibility index (Phi) is 3.93. The van der Waals surface area contributed by atoms with Gasteiger partial charge in [0.15, 0.2) is 9.84 Å². The predicted octanol–water partition coefficient (Wildman–Crippen LogP) is 0.907. The molecule has 0 saturated carbocycles. The monoisotopic (exact) mass is 243 g/mol. The summed E-state index contributed by atoms with van der Waals surface area (Å²) in [4.78, 5) is 2.03. The fourth-order valence-electron chi connectivity index (χ4n) is 1.58. The Morgan fingerprint density at radius 3 is 2.44 bits per heavy atom. The topological polar surface area (TPSA) is 57.6 Å². The maximum absolute atomic E-state index is 11.6. The molecule has 0 aromatic heterocycles. The Morgan fingerprint density at radius 1 is 1.38 bits per heavy atom. The number of hydrogen-bond donors (Lipinski definition) is 1. The quantitative estimate of drug-likeness (QED) is 0.854. The second-order valence-electron chi connectivity index (χ2n) is 3.97. The summed E-state index contributed by atoms with van der Waals surface area (Å²) in [5.74, 6) is 0. The smallest absolute Gasteiger partial charge is 0.177 e. The zero-order valence-electron chi connectivity index (χ0n) is 9.71. The van der Waals surface area contributed by atoms with Gasteiger partial charge in [0, 0.05) is 19.8 Å². The van der Waals surface area contributed by atoms with Gasteiger partial charge in [-0.25, -0.2) is 8.42 Å². The number of likely N-dealkylation sites (N-methyl/N-ethyl adjacent to an activating group) is 1. The summed E-state index contributed by atoms with van der Waals surface area (Å²) < 4.78 is 23.1. The average molecular weight is 243 g/mol. The lowest BCUT2D eigenvalue weighted by Crippen LogP contribution is -2.28. The van der Waals surface area contributed by atoms with Crippen LogP contribution >= 0.6 is 0 Å². The van der Waals surface area contributed by atoms with Crippen molar-refractivity contribution < 1.29 is 13.5 Å². The molecule has 90 valence electrons. The highest BCUT2D eigenvalue weighted by molar-refractivity contribution is 7.90. The van der Waals surface area contributed by atoms with E-state index in [1.807, 2.05) is 0 Å².